The van der Waals surface area contributed by atoms with Gasteiger partial charge in [-0.05, 0) is 31.2 Å². The van der Waals surface area contributed by atoms with E-state index in [2.05, 4.69) is 35.1 Å². The first-order valence-electron chi connectivity index (χ1n) is 6.26. The van der Waals surface area contributed by atoms with Crippen molar-refractivity contribution in [2.24, 2.45) is 5.73 Å². The summed E-state index contributed by atoms with van der Waals surface area (Å²) in [7, 11) is 0. The maximum Gasteiger partial charge on any atom is 0.123 e. The minimum Gasteiger partial charge on any atom is -0.330 e. The van der Waals surface area contributed by atoms with E-state index < -0.39 is 0 Å². The molecule has 0 aliphatic carbocycles. The van der Waals surface area contributed by atoms with Crippen LogP contribution in [0.1, 0.15) is 17.9 Å². The van der Waals surface area contributed by atoms with Gasteiger partial charge in [-0.25, -0.2) is 4.98 Å². The number of hydrogen-bond donors (Lipinski definition) is 1. The average molecular weight is 259 g/mol. The Balaban J connectivity index is 2.05. The first-order valence-corrected chi connectivity index (χ1v) is 7.48. The second-order valence-corrected chi connectivity index (χ2v) is 5.39. The second kappa shape index (κ2) is 4.78. The lowest BCUT2D eigenvalue weighted by Crippen LogP contribution is -2.06. The molecule has 0 unspecified atom stereocenters. The number of aromatic nitrogens is 2. The van der Waals surface area contributed by atoms with Crippen LogP contribution in [-0.2, 0) is 19.5 Å². The number of fused-ring (bicyclic) bond motifs is 1. The van der Waals surface area contributed by atoms with Crippen molar-refractivity contribution in [3.05, 3.63) is 35.8 Å². The molecule has 0 saturated heterocycles. The highest BCUT2D eigenvalue weighted by molar-refractivity contribution is 7.98. The van der Waals surface area contributed by atoms with Crippen molar-refractivity contribution < 1.29 is 0 Å². The third-order valence-corrected chi connectivity index (χ3v) is 4.24. The molecule has 4 heteroatoms. The Bertz CT molecular complexity index is 557. The highest BCUT2D eigenvalue weighted by atomic mass is 32.2. The van der Waals surface area contributed by atoms with Crippen LogP contribution in [0.25, 0.3) is 11.3 Å². The Morgan fingerprint density at radius 2 is 2.11 bits per heavy atom. The van der Waals surface area contributed by atoms with Gasteiger partial charge in [0.25, 0.3) is 0 Å². The van der Waals surface area contributed by atoms with Gasteiger partial charge in [0.1, 0.15) is 5.82 Å². The van der Waals surface area contributed by atoms with E-state index in [0.717, 1.165) is 24.5 Å². The molecule has 1 aromatic heterocycles. The minimum absolute atomic E-state index is 0.524. The third-order valence-electron chi connectivity index (χ3n) is 3.49. The van der Waals surface area contributed by atoms with Gasteiger partial charge in [-0.2, -0.15) is 0 Å². The normalized spacial score (nSPS) is 13.9. The number of hydrogen-bond acceptors (Lipinski definition) is 3. The highest BCUT2D eigenvalue weighted by Crippen LogP contribution is 2.30. The molecule has 0 spiro atoms. The molecule has 94 valence electrons. The molecule has 3 nitrogen and oxygen atoms in total. The third kappa shape index (κ3) is 1.85. The molecule has 1 aliphatic rings. The Kier molecular flexibility index (Phi) is 3.14. The van der Waals surface area contributed by atoms with Crippen molar-refractivity contribution in [2.75, 3.05) is 6.26 Å². The van der Waals surface area contributed by atoms with Crippen molar-refractivity contribution in [1.82, 2.24) is 9.55 Å². The number of thioether (sulfide) groups is 1. The summed E-state index contributed by atoms with van der Waals surface area (Å²) in [4.78, 5) is 5.99. The minimum atomic E-state index is 0.524. The summed E-state index contributed by atoms with van der Waals surface area (Å²) in [6.07, 6.45) is 4.42. The first-order chi connectivity index (χ1) is 8.83. The van der Waals surface area contributed by atoms with Crippen LogP contribution < -0.4 is 5.73 Å². The topological polar surface area (TPSA) is 43.8 Å². The van der Waals surface area contributed by atoms with Gasteiger partial charge in [0.2, 0.25) is 0 Å². The van der Waals surface area contributed by atoms with Gasteiger partial charge in [-0.3, -0.25) is 0 Å². The molecule has 0 amide bonds. The van der Waals surface area contributed by atoms with Crippen LogP contribution in [0.4, 0.5) is 0 Å². The monoisotopic (exact) mass is 259 g/mol. The average Bonchev–Trinajstić information content (AvgIpc) is 3.00. The van der Waals surface area contributed by atoms with Gasteiger partial charge in [0, 0.05) is 22.7 Å². The largest absolute Gasteiger partial charge is 0.330 e. The predicted octanol–water partition coefficient (Wildman–Crippen LogP) is 2.68. The molecule has 0 bridgehead atoms. The first kappa shape index (κ1) is 11.8. The van der Waals surface area contributed by atoms with Crippen LogP contribution in [0, 0.1) is 0 Å². The fourth-order valence-electron chi connectivity index (χ4n) is 2.60. The summed E-state index contributed by atoms with van der Waals surface area (Å²) in [6.45, 7) is 1.59. The highest BCUT2D eigenvalue weighted by Gasteiger charge is 2.21. The van der Waals surface area contributed by atoms with Crippen LogP contribution in [0.15, 0.2) is 29.2 Å². The fourth-order valence-corrected chi connectivity index (χ4v) is 3.00. The van der Waals surface area contributed by atoms with E-state index in [-0.39, 0.29) is 0 Å². The van der Waals surface area contributed by atoms with E-state index >= 15 is 0 Å². The van der Waals surface area contributed by atoms with E-state index in [0.29, 0.717) is 6.54 Å². The molecule has 18 heavy (non-hydrogen) atoms. The summed E-state index contributed by atoms with van der Waals surface area (Å²) < 4.78 is 2.29. The SMILES string of the molecule is CSc1ccc(-c2nc(CN)n3c2CCC3)cc1. The van der Waals surface area contributed by atoms with Gasteiger partial charge >= 0.3 is 0 Å². The molecule has 0 fully saturated rings. The van der Waals surface area contributed by atoms with Crippen molar-refractivity contribution in [3.63, 3.8) is 0 Å². The maximum atomic E-state index is 5.77. The van der Waals surface area contributed by atoms with Gasteiger partial charge < -0.3 is 10.3 Å². The smallest absolute Gasteiger partial charge is 0.123 e. The van der Waals surface area contributed by atoms with Gasteiger partial charge in [0.15, 0.2) is 0 Å². The van der Waals surface area contributed by atoms with Crippen LogP contribution in [0.5, 0.6) is 0 Å². The van der Waals surface area contributed by atoms with Crippen molar-refractivity contribution >= 4 is 11.8 Å². The number of nitrogens with zero attached hydrogens (tertiary/aromatic N) is 2. The number of imidazole rings is 1. The Morgan fingerprint density at radius 3 is 2.78 bits per heavy atom. The summed E-state index contributed by atoms with van der Waals surface area (Å²) in [6, 6.07) is 8.63. The molecule has 2 heterocycles. The molecule has 1 aliphatic heterocycles. The fraction of sp³-hybridized carbons (Fsp3) is 0.357. The maximum absolute atomic E-state index is 5.77. The second-order valence-electron chi connectivity index (χ2n) is 4.51. The molecule has 3 rings (SSSR count). The quantitative estimate of drug-likeness (QED) is 0.862. The van der Waals surface area contributed by atoms with Crippen LogP contribution >= 0.6 is 11.8 Å². The standard InChI is InChI=1S/C14H17N3S/c1-18-11-6-4-10(5-7-11)14-12-3-2-8-17(12)13(9-15)16-14/h4-7H,2-3,8-9,15H2,1H3. The van der Waals surface area contributed by atoms with E-state index in [1.54, 1.807) is 11.8 Å². The van der Waals surface area contributed by atoms with E-state index in [1.807, 2.05) is 0 Å². The zero-order valence-electron chi connectivity index (χ0n) is 10.5. The number of benzene rings is 1. The Labute approximate surface area is 111 Å². The van der Waals surface area contributed by atoms with E-state index in [1.165, 1.54) is 22.6 Å². The van der Waals surface area contributed by atoms with Crippen molar-refractivity contribution in [3.8, 4) is 11.3 Å². The van der Waals surface area contributed by atoms with Crippen LogP contribution in [0.2, 0.25) is 0 Å². The van der Waals surface area contributed by atoms with Gasteiger partial charge in [-0.1, -0.05) is 12.1 Å². The molecule has 2 N–H and O–H groups in total. The lowest BCUT2D eigenvalue weighted by molar-refractivity contribution is 0.689. The molecule has 0 saturated carbocycles. The molecule has 0 atom stereocenters. The van der Waals surface area contributed by atoms with Crippen LogP contribution in [-0.4, -0.2) is 15.8 Å². The predicted molar refractivity (Wildman–Crippen MR) is 75.7 cm³/mol. The Morgan fingerprint density at radius 1 is 1.33 bits per heavy atom. The zero-order valence-corrected chi connectivity index (χ0v) is 11.3. The van der Waals surface area contributed by atoms with E-state index in [4.69, 9.17) is 10.7 Å². The van der Waals surface area contributed by atoms with Gasteiger partial charge in [-0.15, -0.1) is 11.8 Å². The molecular formula is C14H17N3S. The molecule has 0 radical (unpaired) electrons. The lowest BCUT2D eigenvalue weighted by atomic mass is 10.1. The summed E-state index contributed by atoms with van der Waals surface area (Å²) in [5.74, 6) is 1.02. The molecule has 1 aromatic carbocycles. The van der Waals surface area contributed by atoms with Crippen molar-refractivity contribution in [1.29, 1.82) is 0 Å². The number of rotatable bonds is 3. The molecule has 2 aromatic rings. The zero-order chi connectivity index (χ0) is 12.5. The Hall–Kier alpha value is -1.26. The summed E-state index contributed by atoms with van der Waals surface area (Å²) in [5, 5.41) is 0. The van der Waals surface area contributed by atoms with Gasteiger partial charge in [0.05, 0.1) is 12.2 Å². The van der Waals surface area contributed by atoms with Crippen molar-refractivity contribution in [2.45, 2.75) is 30.8 Å². The summed E-state index contributed by atoms with van der Waals surface area (Å²) >= 11 is 1.76. The summed E-state index contributed by atoms with van der Waals surface area (Å²) in [5.41, 5.74) is 9.46. The molecular weight excluding hydrogens is 242 g/mol. The number of nitrogens with two attached hydrogens (primary N) is 1. The lowest BCUT2D eigenvalue weighted by Gasteiger charge is -2.02. The van der Waals surface area contributed by atoms with Crippen LogP contribution in [0.3, 0.4) is 0 Å². The van der Waals surface area contributed by atoms with E-state index in [9.17, 15) is 0 Å².